The second kappa shape index (κ2) is 9.10. The number of carbonyl (C=O) groups is 1. The van der Waals surface area contributed by atoms with Gasteiger partial charge in [0.05, 0.1) is 0 Å². The summed E-state index contributed by atoms with van der Waals surface area (Å²) in [6.07, 6.45) is 0. The SMILES string of the molecule is O=C(Cn1nnc(-c2ccc(F)cc2)n1)NCCSCc1ccccc1. The van der Waals surface area contributed by atoms with Crippen LogP contribution in [0.15, 0.2) is 54.6 Å². The van der Waals surface area contributed by atoms with E-state index in [1.165, 1.54) is 22.5 Å². The van der Waals surface area contributed by atoms with Crippen LogP contribution >= 0.6 is 11.8 Å². The molecule has 1 amide bonds. The first-order chi connectivity index (χ1) is 12.7. The Balaban J connectivity index is 1.39. The lowest BCUT2D eigenvalue weighted by Gasteiger charge is -2.04. The van der Waals surface area contributed by atoms with Crippen LogP contribution in [-0.4, -0.2) is 38.4 Å². The van der Waals surface area contributed by atoms with Crippen LogP contribution in [0.2, 0.25) is 0 Å². The van der Waals surface area contributed by atoms with E-state index in [0.29, 0.717) is 17.9 Å². The highest BCUT2D eigenvalue weighted by Crippen LogP contribution is 2.13. The average Bonchev–Trinajstić information content (AvgIpc) is 3.11. The van der Waals surface area contributed by atoms with Gasteiger partial charge in [0.2, 0.25) is 11.7 Å². The fourth-order valence-electron chi connectivity index (χ4n) is 2.24. The van der Waals surface area contributed by atoms with E-state index < -0.39 is 0 Å². The molecule has 0 radical (unpaired) electrons. The fraction of sp³-hybridized carbons (Fsp3) is 0.222. The molecule has 2 aromatic carbocycles. The molecule has 1 aromatic heterocycles. The average molecular weight is 371 g/mol. The summed E-state index contributed by atoms with van der Waals surface area (Å²) in [5.74, 6) is 1.60. The first kappa shape index (κ1) is 18.1. The monoisotopic (exact) mass is 371 g/mol. The lowest BCUT2D eigenvalue weighted by molar-refractivity contribution is -0.121. The van der Waals surface area contributed by atoms with Gasteiger partial charge in [0.1, 0.15) is 12.4 Å². The molecule has 3 rings (SSSR count). The lowest BCUT2D eigenvalue weighted by Crippen LogP contribution is -2.30. The molecule has 0 aliphatic heterocycles. The van der Waals surface area contributed by atoms with E-state index >= 15 is 0 Å². The molecular formula is C18H18FN5OS. The quantitative estimate of drug-likeness (QED) is 0.616. The number of rotatable bonds is 8. The van der Waals surface area contributed by atoms with Gasteiger partial charge in [-0.2, -0.15) is 16.6 Å². The van der Waals surface area contributed by atoms with Gasteiger partial charge in [-0.3, -0.25) is 4.79 Å². The predicted octanol–water partition coefficient (Wildman–Crippen LogP) is 2.53. The molecule has 0 atom stereocenters. The lowest BCUT2D eigenvalue weighted by atomic mass is 10.2. The number of nitrogens with zero attached hydrogens (tertiary/aromatic N) is 4. The molecule has 3 aromatic rings. The summed E-state index contributed by atoms with van der Waals surface area (Å²) in [6, 6.07) is 16.0. The summed E-state index contributed by atoms with van der Waals surface area (Å²) in [7, 11) is 0. The zero-order valence-corrected chi connectivity index (χ0v) is 14.8. The highest BCUT2D eigenvalue weighted by atomic mass is 32.2. The standard InChI is InChI=1S/C18H18FN5OS/c19-16-8-6-15(7-9-16)18-21-23-24(22-18)12-17(25)20-10-11-26-13-14-4-2-1-3-5-14/h1-9H,10-13H2,(H,20,25). The number of amides is 1. The molecule has 0 fully saturated rings. The Morgan fingerprint density at radius 2 is 1.88 bits per heavy atom. The maximum atomic E-state index is 12.9. The van der Waals surface area contributed by atoms with Gasteiger partial charge >= 0.3 is 0 Å². The van der Waals surface area contributed by atoms with Gasteiger partial charge in [0.15, 0.2) is 0 Å². The summed E-state index contributed by atoms with van der Waals surface area (Å²) in [4.78, 5) is 13.2. The third kappa shape index (κ3) is 5.38. The van der Waals surface area contributed by atoms with Crippen molar-refractivity contribution in [2.75, 3.05) is 12.3 Å². The number of thioether (sulfide) groups is 1. The number of benzene rings is 2. The molecule has 0 saturated carbocycles. The fourth-order valence-corrected chi connectivity index (χ4v) is 3.05. The molecule has 1 N–H and O–H groups in total. The molecule has 134 valence electrons. The van der Waals surface area contributed by atoms with Crippen LogP contribution in [0.25, 0.3) is 11.4 Å². The molecule has 1 heterocycles. The van der Waals surface area contributed by atoms with Crippen molar-refractivity contribution in [3.05, 3.63) is 66.0 Å². The Bertz CT molecular complexity index is 838. The van der Waals surface area contributed by atoms with Gasteiger partial charge in [0, 0.05) is 23.6 Å². The highest BCUT2D eigenvalue weighted by Gasteiger charge is 2.09. The van der Waals surface area contributed by atoms with Gasteiger partial charge in [-0.05, 0) is 35.0 Å². The maximum absolute atomic E-state index is 12.9. The molecule has 0 bridgehead atoms. The van der Waals surface area contributed by atoms with E-state index in [9.17, 15) is 9.18 Å². The Morgan fingerprint density at radius 1 is 1.12 bits per heavy atom. The second-order valence-corrected chi connectivity index (χ2v) is 6.64. The highest BCUT2D eigenvalue weighted by molar-refractivity contribution is 7.98. The van der Waals surface area contributed by atoms with Crippen molar-refractivity contribution in [1.29, 1.82) is 0 Å². The molecular weight excluding hydrogens is 353 g/mol. The summed E-state index contributed by atoms with van der Waals surface area (Å²) in [5.41, 5.74) is 1.92. The molecule has 0 aliphatic rings. The van der Waals surface area contributed by atoms with E-state index in [1.807, 2.05) is 18.2 Å². The summed E-state index contributed by atoms with van der Waals surface area (Å²) in [6.45, 7) is 0.577. The van der Waals surface area contributed by atoms with E-state index in [0.717, 1.165) is 11.5 Å². The van der Waals surface area contributed by atoms with Gasteiger partial charge < -0.3 is 5.32 Å². The molecule has 0 unspecified atom stereocenters. The number of tetrazole rings is 1. The van der Waals surface area contributed by atoms with E-state index in [2.05, 4.69) is 32.9 Å². The van der Waals surface area contributed by atoms with Gasteiger partial charge in [-0.15, -0.1) is 10.2 Å². The Labute approximate surface area is 154 Å². The minimum Gasteiger partial charge on any atom is -0.354 e. The second-order valence-electron chi connectivity index (χ2n) is 5.54. The smallest absolute Gasteiger partial charge is 0.243 e. The van der Waals surface area contributed by atoms with Crippen LogP contribution in [-0.2, 0) is 17.1 Å². The number of halogens is 1. The summed E-state index contributed by atoms with van der Waals surface area (Å²) >= 11 is 1.76. The number of hydrogen-bond donors (Lipinski definition) is 1. The number of carbonyl (C=O) groups excluding carboxylic acids is 1. The van der Waals surface area contributed by atoms with Crippen LogP contribution < -0.4 is 5.32 Å². The van der Waals surface area contributed by atoms with E-state index in [-0.39, 0.29) is 18.3 Å². The van der Waals surface area contributed by atoms with Gasteiger partial charge in [-0.1, -0.05) is 30.3 Å². The van der Waals surface area contributed by atoms with Crippen molar-refractivity contribution in [2.45, 2.75) is 12.3 Å². The van der Waals surface area contributed by atoms with Crippen molar-refractivity contribution in [3.8, 4) is 11.4 Å². The van der Waals surface area contributed by atoms with Gasteiger partial charge in [-0.25, -0.2) is 4.39 Å². The van der Waals surface area contributed by atoms with Crippen molar-refractivity contribution in [3.63, 3.8) is 0 Å². The van der Waals surface area contributed by atoms with Crippen molar-refractivity contribution in [1.82, 2.24) is 25.5 Å². The van der Waals surface area contributed by atoms with E-state index in [4.69, 9.17) is 0 Å². The van der Waals surface area contributed by atoms with Gasteiger partial charge in [0.25, 0.3) is 0 Å². The Morgan fingerprint density at radius 3 is 2.65 bits per heavy atom. The van der Waals surface area contributed by atoms with Crippen LogP contribution in [0.5, 0.6) is 0 Å². The molecule has 0 spiro atoms. The minimum absolute atomic E-state index is 0.00243. The number of nitrogens with one attached hydrogen (secondary N) is 1. The van der Waals surface area contributed by atoms with E-state index in [1.54, 1.807) is 23.9 Å². The third-order valence-corrected chi connectivity index (χ3v) is 4.55. The zero-order chi connectivity index (χ0) is 18.2. The van der Waals surface area contributed by atoms with Crippen LogP contribution in [0.4, 0.5) is 4.39 Å². The third-order valence-electron chi connectivity index (χ3n) is 3.52. The van der Waals surface area contributed by atoms with Crippen molar-refractivity contribution < 1.29 is 9.18 Å². The first-order valence-corrected chi connectivity index (χ1v) is 9.28. The molecule has 8 heteroatoms. The summed E-state index contributed by atoms with van der Waals surface area (Å²) in [5, 5.41) is 14.7. The number of aromatic nitrogens is 4. The largest absolute Gasteiger partial charge is 0.354 e. The predicted molar refractivity (Wildman–Crippen MR) is 98.8 cm³/mol. The van der Waals surface area contributed by atoms with Crippen LogP contribution in [0.1, 0.15) is 5.56 Å². The van der Waals surface area contributed by atoms with Crippen LogP contribution in [0, 0.1) is 5.82 Å². The molecule has 0 saturated heterocycles. The molecule has 26 heavy (non-hydrogen) atoms. The van der Waals surface area contributed by atoms with Crippen LogP contribution in [0.3, 0.4) is 0 Å². The number of hydrogen-bond acceptors (Lipinski definition) is 5. The normalized spacial score (nSPS) is 10.7. The van der Waals surface area contributed by atoms with Crippen molar-refractivity contribution in [2.24, 2.45) is 0 Å². The zero-order valence-electron chi connectivity index (χ0n) is 14.0. The first-order valence-electron chi connectivity index (χ1n) is 8.13. The maximum Gasteiger partial charge on any atom is 0.243 e. The Kier molecular flexibility index (Phi) is 6.32. The minimum atomic E-state index is -0.328. The molecule has 6 nitrogen and oxygen atoms in total. The Hall–Kier alpha value is -2.74. The topological polar surface area (TPSA) is 72.7 Å². The summed E-state index contributed by atoms with van der Waals surface area (Å²) < 4.78 is 12.9. The van der Waals surface area contributed by atoms with Crippen molar-refractivity contribution >= 4 is 17.7 Å². The molecule has 0 aliphatic carbocycles.